The summed E-state index contributed by atoms with van der Waals surface area (Å²) >= 11 is 0. The lowest BCUT2D eigenvalue weighted by Crippen LogP contribution is -2.23. The van der Waals surface area contributed by atoms with Crippen LogP contribution in [0.2, 0.25) is 0 Å². The normalized spacial score (nSPS) is 15.1. The zero-order valence-electron chi connectivity index (χ0n) is 8.01. The first-order valence-electron chi connectivity index (χ1n) is 4.42. The van der Waals surface area contributed by atoms with Gasteiger partial charge in [0.2, 0.25) is 0 Å². The molecule has 1 aromatic rings. The van der Waals surface area contributed by atoms with E-state index in [9.17, 15) is 10.2 Å². The van der Waals surface area contributed by atoms with Gasteiger partial charge >= 0.3 is 0 Å². The molecule has 0 bridgehead atoms. The van der Waals surface area contributed by atoms with E-state index in [-0.39, 0.29) is 12.4 Å². The molecule has 0 radical (unpaired) electrons. The minimum atomic E-state index is -0.661. The third kappa shape index (κ3) is 2.23. The van der Waals surface area contributed by atoms with Gasteiger partial charge in [-0.3, -0.25) is 0 Å². The summed E-state index contributed by atoms with van der Waals surface area (Å²) in [5.41, 5.74) is 6.81. The Labute approximate surface area is 82.6 Å². The van der Waals surface area contributed by atoms with Crippen LogP contribution in [-0.2, 0) is 6.61 Å². The molecule has 4 heteroatoms. The number of hydrogen-bond acceptors (Lipinski definition) is 4. The van der Waals surface area contributed by atoms with Gasteiger partial charge in [-0.1, -0.05) is 6.07 Å². The van der Waals surface area contributed by atoms with E-state index in [4.69, 9.17) is 10.8 Å². The molecule has 2 atom stereocenters. The molecule has 0 spiro atoms. The molecule has 1 rings (SSSR count). The molecule has 5 N–H and O–H groups in total. The van der Waals surface area contributed by atoms with Crippen molar-refractivity contribution < 1.29 is 15.3 Å². The molecular formula is C10H15NO3. The average molecular weight is 197 g/mol. The summed E-state index contributed by atoms with van der Waals surface area (Å²) in [5, 5.41) is 27.4. The fraction of sp³-hybridized carbons (Fsp3) is 0.400. The van der Waals surface area contributed by atoms with E-state index in [1.54, 1.807) is 19.1 Å². The highest BCUT2D eigenvalue weighted by Crippen LogP contribution is 2.22. The summed E-state index contributed by atoms with van der Waals surface area (Å²) in [6.07, 6.45) is -0.661. The molecule has 1 unspecified atom stereocenters. The fourth-order valence-electron chi connectivity index (χ4n) is 1.22. The Balaban J connectivity index is 3.00. The first-order chi connectivity index (χ1) is 6.56. The van der Waals surface area contributed by atoms with Crippen LogP contribution in [0.25, 0.3) is 0 Å². The second-order valence-corrected chi connectivity index (χ2v) is 3.31. The number of phenols is 1. The minimum Gasteiger partial charge on any atom is -0.508 e. The van der Waals surface area contributed by atoms with Crippen LogP contribution in [0.5, 0.6) is 5.75 Å². The Bertz CT molecular complexity index is 312. The third-order valence-electron chi connectivity index (χ3n) is 2.18. The predicted molar refractivity (Wildman–Crippen MR) is 52.6 cm³/mol. The fourth-order valence-corrected chi connectivity index (χ4v) is 1.22. The summed E-state index contributed by atoms with van der Waals surface area (Å²) in [7, 11) is 0. The molecule has 0 saturated carbocycles. The van der Waals surface area contributed by atoms with Gasteiger partial charge in [-0.25, -0.2) is 0 Å². The van der Waals surface area contributed by atoms with Gasteiger partial charge in [-0.15, -0.1) is 0 Å². The Morgan fingerprint density at radius 2 is 2.07 bits per heavy atom. The third-order valence-corrected chi connectivity index (χ3v) is 2.18. The standard InChI is InChI=1S/C10H15NO3/c1-6(13)10(11)7-2-3-9(14)8(4-7)5-12/h2-4,6,10,12-14H,5,11H2,1H3/t6?,10-/m0/s1. The largest absolute Gasteiger partial charge is 0.508 e. The second-order valence-electron chi connectivity index (χ2n) is 3.31. The van der Waals surface area contributed by atoms with Gasteiger partial charge in [0.25, 0.3) is 0 Å². The Morgan fingerprint density at radius 3 is 2.57 bits per heavy atom. The van der Waals surface area contributed by atoms with Crippen LogP contribution in [0, 0.1) is 0 Å². The summed E-state index contributed by atoms with van der Waals surface area (Å²) < 4.78 is 0. The lowest BCUT2D eigenvalue weighted by atomic mass is 10.0. The maximum absolute atomic E-state index is 9.29. The topological polar surface area (TPSA) is 86.7 Å². The highest BCUT2D eigenvalue weighted by Gasteiger charge is 2.13. The van der Waals surface area contributed by atoms with Crippen molar-refractivity contribution in [3.05, 3.63) is 29.3 Å². The first-order valence-corrected chi connectivity index (χ1v) is 4.42. The SMILES string of the molecule is CC(O)[C@H](N)c1ccc(O)c(CO)c1. The molecule has 4 nitrogen and oxygen atoms in total. The van der Waals surface area contributed by atoms with Crippen LogP contribution < -0.4 is 5.73 Å². The molecule has 14 heavy (non-hydrogen) atoms. The molecule has 0 heterocycles. The van der Waals surface area contributed by atoms with Crippen LogP contribution in [0.1, 0.15) is 24.1 Å². The molecule has 0 amide bonds. The summed E-state index contributed by atoms with van der Waals surface area (Å²) in [5.74, 6) is 0.0362. The minimum absolute atomic E-state index is 0.0362. The quantitative estimate of drug-likeness (QED) is 0.560. The van der Waals surface area contributed by atoms with Crippen molar-refractivity contribution in [2.45, 2.75) is 25.7 Å². The molecule has 0 aliphatic carbocycles. The molecule has 1 aromatic carbocycles. The van der Waals surface area contributed by atoms with Gasteiger partial charge in [0.15, 0.2) is 0 Å². The van der Waals surface area contributed by atoms with Crippen LogP contribution in [0.15, 0.2) is 18.2 Å². The van der Waals surface area contributed by atoms with Gasteiger partial charge in [-0.2, -0.15) is 0 Å². The number of hydrogen-bond donors (Lipinski definition) is 4. The maximum Gasteiger partial charge on any atom is 0.121 e. The highest BCUT2D eigenvalue weighted by atomic mass is 16.3. The number of aliphatic hydroxyl groups excluding tert-OH is 2. The van der Waals surface area contributed by atoms with Gasteiger partial charge in [0, 0.05) is 5.56 Å². The van der Waals surface area contributed by atoms with Crippen molar-refractivity contribution in [2.75, 3.05) is 0 Å². The molecule has 0 aromatic heterocycles. The van der Waals surface area contributed by atoms with E-state index >= 15 is 0 Å². The van der Waals surface area contributed by atoms with E-state index in [1.807, 2.05) is 0 Å². The summed E-state index contributed by atoms with van der Waals surface area (Å²) in [4.78, 5) is 0. The number of nitrogens with two attached hydrogens (primary N) is 1. The van der Waals surface area contributed by atoms with Crippen molar-refractivity contribution in [1.29, 1.82) is 0 Å². The van der Waals surface area contributed by atoms with E-state index in [0.717, 1.165) is 0 Å². The molecular weight excluding hydrogens is 182 g/mol. The average Bonchev–Trinajstić information content (AvgIpc) is 2.17. The lowest BCUT2D eigenvalue weighted by molar-refractivity contribution is 0.164. The van der Waals surface area contributed by atoms with Gasteiger partial charge < -0.3 is 21.1 Å². The summed E-state index contributed by atoms with van der Waals surface area (Å²) in [6, 6.07) is 4.18. The van der Waals surface area contributed by atoms with Crippen LogP contribution in [0.4, 0.5) is 0 Å². The van der Waals surface area contributed by atoms with Crippen LogP contribution >= 0.6 is 0 Å². The van der Waals surface area contributed by atoms with Crippen LogP contribution in [-0.4, -0.2) is 21.4 Å². The van der Waals surface area contributed by atoms with Gasteiger partial charge in [0.1, 0.15) is 5.75 Å². The van der Waals surface area contributed by atoms with Gasteiger partial charge in [0.05, 0.1) is 18.8 Å². The molecule has 0 aliphatic heterocycles. The monoisotopic (exact) mass is 197 g/mol. The van der Waals surface area contributed by atoms with E-state index in [2.05, 4.69) is 0 Å². The van der Waals surface area contributed by atoms with Crippen molar-refractivity contribution in [2.24, 2.45) is 5.73 Å². The smallest absolute Gasteiger partial charge is 0.121 e. The van der Waals surface area contributed by atoms with E-state index in [0.29, 0.717) is 11.1 Å². The Hall–Kier alpha value is -1.10. The molecule has 0 aliphatic rings. The Morgan fingerprint density at radius 1 is 1.43 bits per heavy atom. The van der Waals surface area contributed by atoms with Crippen molar-refractivity contribution in [3.63, 3.8) is 0 Å². The lowest BCUT2D eigenvalue weighted by Gasteiger charge is -2.16. The zero-order chi connectivity index (χ0) is 10.7. The first kappa shape index (κ1) is 11.0. The predicted octanol–water partition coefficient (Wildman–Crippen LogP) is 0.265. The highest BCUT2D eigenvalue weighted by molar-refractivity contribution is 5.37. The number of aromatic hydroxyl groups is 1. The van der Waals surface area contributed by atoms with Gasteiger partial charge in [-0.05, 0) is 24.6 Å². The molecule has 78 valence electrons. The maximum atomic E-state index is 9.29. The molecule has 0 fully saturated rings. The van der Waals surface area contributed by atoms with Crippen molar-refractivity contribution >= 4 is 0 Å². The Kier molecular flexibility index (Phi) is 3.46. The van der Waals surface area contributed by atoms with Crippen molar-refractivity contribution in [1.82, 2.24) is 0 Å². The van der Waals surface area contributed by atoms with E-state index < -0.39 is 12.1 Å². The number of aliphatic hydroxyl groups is 2. The number of benzene rings is 1. The number of rotatable bonds is 3. The second kappa shape index (κ2) is 4.41. The van der Waals surface area contributed by atoms with E-state index in [1.165, 1.54) is 6.07 Å². The van der Waals surface area contributed by atoms with Crippen molar-refractivity contribution in [3.8, 4) is 5.75 Å². The zero-order valence-corrected chi connectivity index (χ0v) is 8.01. The molecule has 0 saturated heterocycles. The van der Waals surface area contributed by atoms with Crippen LogP contribution in [0.3, 0.4) is 0 Å². The summed E-state index contributed by atoms with van der Waals surface area (Å²) in [6.45, 7) is 1.35.